The highest BCUT2D eigenvalue weighted by atomic mass is 16.5. The molecule has 0 aliphatic heterocycles. The van der Waals surface area contributed by atoms with E-state index >= 15 is 0 Å². The minimum atomic E-state index is -1.08. The van der Waals surface area contributed by atoms with Crippen molar-refractivity contribution < 1.29 is 9.84 Å². The van der Waals surface area contributed by atoms with Gasteiger partial charge in [0.15, 0.2) is 5.96 Å². The fourth-order valence-electron chi connectivity index (χ4n) is 2.78. The molecule has 2 rings (SSSR count). The van der Waals surface area contributed by atoms with Crippen molar-refractivity contribution >= 4 is 5.96 Å². The Morgan fingerprint density at radius 2 is 2.07 bits per heavy atom. The van der Waals surface area contributed by atoms with Crippen LogP contribution in [0.15, 0.2) is 41.7 Å². The van der Waals surface area contributed by atoms with Crippen LogP contribution in [0.25, 0.3) is 0 Å². The van der Waals surface area contributed by atoms with Crippen molar-refractivity contribution in [3.05, 3.63) is 47.8 Å². The van der Waals surface area contributed by atoms with E-state index in [0.29, 0.717) is 25.0 Å². The van der Waals surface area contributed by atoms with Crippen LogP contribution in [0.2, 0.25) is 0 Å². The Balaban J connectivity index is 1.90. The summed E-state index contributed by atoms with van der Waals surface area (Å²) in [5, 5.41) is 21.2. The molecule has 0 saturated heterocycles. The number of aryl methyl sites for hydroxylation is 1. The number of aliphatic hydroxyl groups is 1. The van der Waals surface area contributed by atoms with Crippen molar-refractivity contribution in [2.45, 2.75) is 39.2 Å². The van der Waals surface area contributed by atoms with Gasteiger partial charge in [-0.1, -0.05) is 32.0 Å². The summed E-state index contributed by atoms with van der Waals surface area (Å²) >= 11 is 0. The summed E-state index contributed by atoms with van der Waals surface area (Å²) in [7, 11) is 1.83. The SMILES string of the molecule is CCNC(=NCC(C)(O)c1cnn(C)c1)NCCOc1ccccc1C(C)C. The lowest BCUT2D eigenvalue weighted by molar-refractivity contribution is 0.0672. The molecule has 28 heavy (non-hydrogen) atoms. The van der Waals surface area contributed by atoms with Gasteiger partial charge in [-0.25, -0.2) is 4.99 Å². The van der Waals surface area contributed by atoms with Crippen molar-refractivity contribution in [2.24, 2.45) is 12.0 Å². The molecule has 2 aromatic rings. The summed E-state index contributed by atoms with van der Waals surface area (Å²) in [6.45, 7) is 10.1. The number of hydrogen-bond donors (Lipinski definition) is 3. The molecule has 0 radical (unpaired) electrons. The van der Waals surface area contributed by atoms with Crippen LogP contribution in [-0.2, 0) is 12.6 Å². The van der Waals surface area contributed by atoms with Crippen LogP contribution in [0, 0.1) is 0 Å². The molecule has 0 aliphatic rings. The van der Waals surface area contributed by atoms with Crippen molar-refractivity contribution in [3.8, 4) is 5.75 Å². The van der Waals surface area contributed by atoms with E-state index in [0.717, 1.165) is 17.9 Å². The number of aliphatic imine (C=N–C) groups is 1. The molecule has 1 aromatic carbocycles. The Hall–Kier alpha value is -2.54. The topological polar surface area (TPSA) is 83.7 Å². The molecule has 0 aliphatic carbocycles. The zero-order valence-corrected chi connectivity index (χ0v) is 17.6. The zero-order valence-electron chi connectivity index (χ0n) is 17.6. The molecule has 0 amide bonds. The molecule has 1 unspecified atom stereocenters. The Labute approximate surface area is 167 Å². The molecule has 1 aromatic heterocycles. The predicted octanol–water partition coefficient (Wildman–Crippen LogP) is 2.39. The molecule has 3 N–H and O–H groups in total. The first kappa shape index (κ1) is 21.8. The van der Waals surface area contributed by atoms with E-state index in [1.54, 1.807) is 24.0 Å². The van der Waals surface area contributed by atoms with Crippen LogP contribution in [0.5, 0.6) is 5.75 Å². The minimum absolute atomic E-state index is 0.227. The van der Waals surface area contributed by atoms with Crippen molar-refractivity contribution in [3.63, 3.8) is 0 Å². The number of benzene rings is 1. The van der Waals surface area contributed by atoms with Gasteiger partial charge in [0.05, 0.1) is 19.3 Å². The summed E-state index contributed by atoms with van der Waals surface area (Å²) in [5.74, 6) is 1.98. The van der Waals surface area contributed by atoms with Gasteiger partial charge < -0.3 is 20.5 Å². The van der Waals surface area contributed by atoms with Crippen LogP contribution >= 0.6 is 0 Å². The van der Waals surface area contributed by atoms with Gasteiger partial charge in [0.25, 0.3) is 0 Å². The maximum Gasteiger partial charge on any atom is 0.191 e. The van der Waals surface area contributed by atoms with E-state index in [-0.39, 0.29) is 6.54 Å². The largest absolute Gasteiger partial charge is 0.491 e. The smallest absolute Gasteiger partial charge is 0.191 e. The van der Waals surface area contributed by atoms with Crippen LogP contribution in [0.1, 0.15) is 44.7 Å². The lowest BCUT2D eigenvalue weighted by atomic mass is 10.0. The number of nitrogens with one attached hydrogen (secondary N) is 2. The van der Waals surface area contributed by atoms with Gasteiger partial charge >= 0.3 is 0 Å². The molecular formula is C21H33N5O2. The fourth-order valence-corrected chi connectivity index (χ4v) is 2.78. The van der Waals surface area contributed by atoms with E-state index in [1.165, 1.54) is 5.56 Å². The fraction of sp³-hybridized carbons (Fsp3) is 0.524. The first-order chi connectivity index (χ1) is 13.3. The summed E-state index contributed by atoms with van der Waals surface area (Å²) in [4.78, 5) is 4.51. The van der Waals surface area contributed by atoms with Crippen molar-refractivity contribution in [2.75, 3.05) is 26.2 Å². The Morgan fingerprint density at radius 1 is 1.32 bits per heavy atom. The average molecular weight is 388 g/mol. The zero-order chi connectivity index (χ0) is 20.6. The maximum atomic E-state index is 10.7. The lowest BCUT2D eigenvalue weighted by Crippen LogP contribution is -2.40. The molecule has 0 fully saturated rings. The number of aromatic nitrogens is 2. The highest BCUT2D eigenvalue weighted by Crippen LogP contribution is 2.25. The van der Waals surface area contributed by atoms with Crippen molar-refractivity contribution in [1.82, 2.24) is 20.4 Å². The molecule has 154 valence electrons. The number of rotatable bonds is 9. The molecule has 0 bridgehead atoms. The molecular weight excluding hydrogens is 354 g/mol. The molecule has 0 spiro atoms. The van der Waals surface area contributed by atoms with Gasteiger partial charge in [-0.3, -0.25) is 4.68 Å². The molecule has 1 heterocycles. The second kappa shape index (κ2) is 10.1. The Kier molecular flexibility index (Phi) is 7.87. The summed E-state index contributed by atoms with van der Waals surface area (Å²) < 4.78 is 7.61. The van der Waals surface area contributed by atoms with Gasteiger partial charge in [0.2, 0.25) is 0 Å². The van der Waals surface area contributed by atoms with E-state index in [1.807, 2.05) is 32.2 Å². The van der Waals surface area contributed by atoms with Crippen molar-refractivity contribution in [1.29, 1.82) is 0 Å². The number of hydrogen-bond acceptors (Lipinski definition) is 4. The van der Waals surface area contributed by atoms with Crippen LogP contribution < -0.4 is 15.4 Å². The number of para-hydroxylation sites is 1. The normalized spacial score (nSPS) is 14.0. The Bertz CT molecular complexity index is 768. The van der Waals surface area contributed by atoms with Gasteiger partial charge in [-0.2, -0.15) is 5.10 Å². The molecule has 7 heteroatoms. The van der Waals surface area contributed by atoms with Crippen LogP contribution in [-0.4, -0.2) is 47.1 Å². The third kappa shape index (κ3) is 6.27. The first-order valence-electron chi connectivity index (χ1n) is 9.79. The van der Waals surface area contributed by atoms with E-state index in [4.69, 9.17) is 4.74 Å². The number of ether oxygens (including phenoxy) is 1. The van der Waals surface area contributed by atoms with Gasteiger partial charge in [-0.05, 0) is 31.4 Å². The highest BCUT2D eigenvalue weighted by Gasteiger charge is 2.24. The average Bonchev–Trinajstić information content (AvgIpc) is 3.10. The maximum absolute atomic E-state index is 10.7. The minimum Gasteiger partial charge on any atom is -0.491 e. The van der Waals surface area contributed by atoms with Gasteiger partial charge in [0, 0.05) is 25.4 Å². The van der Waals surface area contributed by atoms with E-state index < -0.39 is 5.60 Å². The second-order valence-electron chi connectivity index (χ2n) is 7.34. The Morgan fingerprint density at radius 3 is 2.71 bits per heavy atom. The summed E-state index contributed by atoms with van der Waals surface area (Å²) in [5.41, 5.74) is 0.863. The van der Waals surface area contributed by atoms with E-state index in [2.05, 4.69) is 40.6 Å². The quantitative estimate of drug-likeness (QED) is 0.350. The second-order valence-corrected chi connectivity index (χ2v) is 7.34. The highest BCUT2D eigenvalue weighted by molar-refractivity contribution is 5.79. The predicted molar refractivity (Wildman–Crippen MR) is 113 cm³/mol. The third-order valence-corrected chi connectivity index (χ3v) is 4.41. The van der Waals surface area contributed by atoms with Gasteiger partial charge in [0.1, 0.15) is 18.0 Å². The summed E-state index contributed by atoms with van der Waals surface area (Å²) in [6, 6.07) is 8.12. The van der Waals surface area contributed by atoms with Crippen LogP contribution in [0.4, 0.5) is 0 Å². The van der Waals surface area contributed by atoms with Gasteiger partial charge in [-0.15, -0.1) is 0 Å². The van der Waals surface area contributed by atoms with Crippen LogP contribution in [0.3, 0.4) is 0 Å². The lowest BCUT2D eigenvalue weighted by Gasteiger charge is -2.20. The monoisotopic (exact) mass is 387 g/mol. The molecule has 1 atom stereocenters. The molecule has 7 nitrogen and oxygen atoms in total. The van der Waals surface area contributed by atoms with E-state index in [9.17, 15) is 5.11 Å². The molecule has 0 saturated carbocycles. The third-order valence-electron chi connectivity index (χ3n) is 4.41. The standard InChI is InChI=1S/C21H33N5O2/c1-6-22-20(24-15-21(4,27)17-13-25-26(5)14-17)23-11-12-28-19-10-8-7-9-18(19)16(2)3/h7-10,13-14,16,27H,6,11-12,15H2,1-5H3,(H2,22,23,24). The first-order valence-corrected chi connectivity index (χ1v) is 9.79. The number of guanidine groups is 1. The number of nitrogens with zero attached hydrogens (tertiary/aromatic N) is 3. The summed E-state index contributed by atoms with van der Waals surface area (Å²) in [6.07, 6.45) is 3.46.